The first-order chi connectivity index (χ1) is 11.7. The summed E-state index contributed by atoms with van der Waals surface area (Å²) in [6.45, 7) is 6.53. The molecule has 0 spiro atoms. The van der Waals surface area contributed by atoms with Crippen molar-refractivity contribution in [3.8, 4) is 5.75 Å². The first kappa shape index (κ1) is 17.7. The molecule has 1 atom stereocenters. The summed E-state index contributed by atoms with van der Waals surface area (Å²) in [5.74, 6) is 0.922. The monoisotopic (exact) mass is 436 g/mol. The minimum Gasteiger partial charge on any atom is -0.497 e. The van der Waals surface area contributed by atoms with Gasteiger partial charge < -0.3 is 4.74 Å². The summed E-state index contributed by atoms with van der Waals surface area (Å²) in [5.41, 5.74) is 4.30. The lowest BCUT2D eigenvalue weighted by molar-refractivity contribution is 0.148. The number of halogens is 1. The zero-order chi connectivity index (χ0) is 16.9. The van der Waals surface area contributed by atoms with Gasteiger partial charge in [-0.25, -0.2) is 3.11 Å². The maximum absolute atomic E-state index is 5.25. The first-order valence-electron chi connectivity index (χ1n) is 8.56. The van der Waals surface area contributed by atoms with Gasteiger partial charge >= 0.3 is 0 Å². The number of aryl methyl sites for hydroxylation is 1. The van der Waals surface area contributed by atoms with E-state index in [9.17, 15) is 0 Å². The summed E-state index contributed by atoms with van der Waals surface area (Å²) >= 11 is 2.50. The molecule has 2 aromatic rings. The van der Waals surface area contributed by atoms with Crippen molar-refractivity contribution >= 4 is 22.9 Å². The number of piperazine rings is 1. The molecule has 0 aliphatic carbocycles. The molecule has 1 heterocycles. The van der Waals surface area contributed by atoms with E-state index in [4.69, 9.17) is 4.74 Å². The molecule has 2 aromatic carbocycles. The summed E-state index contributed by atoms with van der Waals surface area (Å²) in [4.78, 5) is 2.56. The highest BCUT2D eigenvalue weighted by atomic mass is 127. The molecule has 4 heteroatoms. The van der Waals surface area contributed by atoms with Gasteiger partial charge in [0, 0.05) is 49.0 Å². The summed E-state index contributed by atoms with van der Waals surface area (Å²) in [7, 11) is 1.71. The molecule has 128 valence electrons. The third kappa shape index (κ3) is 4.10. The van der Waals surface area contributed by atoms with Crippen LogP contribution in [0.4, 0.5) is 0 Å². The van der Waals surface area contributed by atoms with Crippen molar-refractivity contribution < 1.29 is 4.74 Å². The number of hydrogen-bond donors (Lipinski definition) is 0. The fourth-order valence-corrected chi connectivity index (χ4v) is 4.07. The van der Waals surface area contributed by atoms with Crippen molar-refractivity contribution in [2.24, 2.45) is 0 Å². The number of ether oxygens (including phenoxy) is 1. The fraction of sp³-hybridized carbons (Fsp3) is 0.400. The van der Waals surface area contributed by atoms with Crippen LogP contribution in [0.2, 0.25) is 0 Å². The molecule has 0 N–H and O–H groups in total. The Bertz CT molecular complexity index is 659. The fourth-order valence-electron chi connectivity index (χ4n) is 3.38. The second-order valence-corrected chi connectivity index (χ2v) is 7.51. The minimum atomic E-state index is 0.466. The lowest BCUT2D eigenvalue weighted by Crippen LogP contribution is -2.44. The standard InChI is InChI=1S/C20H25IN2O/c1-3-17-6-4-5-7-19(17)20-15-22(12-13-23(20)21)14-16-8-10-18(24-2)11-9-16/h4-11,20H,3,12-15H2,1-2H3. The molecular formula is C20H25IN2O. The van der Waals surface area contributed by atoms with E-state index in [2.05, 4.69) is 74.2 Å². The van der Waals surface area contributed by atoms with Crippen molar-refractivity contribution in [1.29, 1.82) is 0 Å². The van der Waals surface area contributed by atoms with E-state index < -0.39 is 0 Å². The van der Waals surface area contributed by atoms with Gasteiger partial charge in [-0.2, -0.15) is 0 Å². The number of rotatable bonds is 5. The largest absolute Gasteiger partial charge is 0.497 e. The normalized spacial score (nSPS) is 19.4. The van der Waals surface area contributed by atoms with Crippen LogP contribution in [-0.2, 0) is 13.0 Å². The lowest BCUT2D eigenvalue weighted by Gasteiger charge is -2.39. The van der Waals surface area contributed by atoms with Crippen LogP contribution in [0, 0.1) is 0 Å². The van der Waals surface area contributed by atoms with E-state index in [0.29, 0.717) is 6.04 Å². The minimum absolute atomic E-state index is 0.466. The highest BCUT2D eigenvalue weighted by Crippen LogP contribution is 2.31. The van der Waals surface area contributed by atoms with Gasteiger partial charge in [0.15, 0.2) is 0 Å². The van der Waals surface area contributed by atoms with E-state index in [1.165, 1.54) is 16.7 Å². The predicted octanol–water partition coefficient (Wildman–Crippen LogP) is 4.47. The molecule has 0 amide bonds. The van der Waals surface area contributed by atoms with E-state index in [0.717, 1.165) is 38.3 Å². The van der Waals surface area contributed by atoms with E-state index in [1.54, 1.807) is 7.11 Å². The first-order valence-corrected chi connectivity index (χ1v) is 9.53. The van der Waals surface area contributed by atoms with Gasteiger partial charge in [-0.1, -0.05) is 43.3 Å². The zero-order valence-corrected chi connectivity index (χ0v) is 16.6. The van der Waals surface area contributed by atoms with Crippen LogP contribution in [0.5, 0.6) is 5.75 Å². The number of benzene rings is 2. The second-order valence-electron chi connectivity index (χ2n) is 6.27. The van der Waals surface area contributed by atoms with E-state index >= 15 is 0 Å². The van der Waals surface area contributed by atoms with E-state index in [-0.39, 0.29) is 0 Å². The molecule has 0 aromatic heterocycles. The molecule has 0 radical (unpaired) electrons. The summed E-state index contributed by atoms with van der Waals surface area (Å²) in [6, 6.07) is 17.8. The van der Waals surface area contributed by atoms with Crippen molar-refractivity contribution in [2.75, 3.05) is 26.7 Å². The Balaban J connectivity index is 1.73. The quantitative estimate of drug-likeness (QED) is 0.508. The Morgan fingerprint density at radius 1 is 1.08 bits per heavy atom. The molecule has 1 aliphatic rings. The van der Waals surface area contributed by atoms with Crippen molar-refractivity contribution in [1.82, 2.24) is 8.01 Å². The molecular weight excluding hydrogens is 411 g/mol. The highest BCUT2D eigenvalue weighted by molar-refractivity contribution is 14.1. The van der Waals surface area contributed by atoms with Crippen molar-refractivity contribution in [3.63, 3.8) is 0 Å². The lowest BCUT2D eigenvalue weighted by atomic mass is 9.97. The Morgan fingerprint density at radius 2 is 1.83 bits per heavy atom. The maximum atomic E-state index is 5.25. The number of nitrogens with zero attached hydrogens (tertiary/aromatic N) is 2. The summed E-state index contributed by atoms with van der Waals surface area (Å²) < 4.78 is 7.72. The molecule has 3 rings (SSSR count). The van der Waals surface area contributed by atoms with Crippen LogP contribution >= 0.6 is 22.9 Å². The SMILES string of the molecule is CCc1ccccc1C1CN(Cc2ccc(OC)cc2)CCN1I. The zero-order valence-electron chi connectivity index (χ0n) is 14.4. The van der Waals surface area contributed by atoms with Gasteiger partial charge in [0.25, 0.3) is 0 Å². The third-order valence-corrected chi connectivity index (χ3v) is 5.91. The predicted molar refractivity (Wildman–Crippen MR) is 108 cm³/mol. The smallest absolute Gasteiger partial charge is 0.118 e. The Morgan fingerprint density at radius 3 is 2.54 bits per heavy atom. The second kappa shape index (κ2) is 8.32. The van der Waals surface area contributed by atoms with Crippen LogP contribution in [0.1, 0.15) is 29.7 Å². The number of hydrogen-bond acceptors (Lipinski definition) is 3. The molecule has 24 heavy (non-hydrogen) atoms. The van der Waals surface area contributed by atoms with Gasteiger partial charge in [0.1, 0.15) is 5.75 Å². The van der Waals surface area contributed by atoms with Crippen LogP contribution in [0.25, 0.3) is 0 Å². The van der Waals surface area contributed by atoms with Crippen LogP contribution in [0.3, 0.4) is 0 Å². The Labute approximate surface area is 159 Å². The molecule has 1 aliphatic heterocycles. The third-order valence-electron chi connectivity index (χ3n) is 4.76. The molecule has 0 saturated carbocycles. The molecule has 0 bridgehead atoms. The van der Waals surface area contributed by atoms with Gasteiger partial charge in [-0.05, 0) is 35.2 Å². The van der Waals surface area contributed by atoms with Gasteiger partial charge in [-0.3, -0.25) is 4.90 Å². The van der Waals surface area contributed by atoms with Gasteiger partial charge in [0.05, 0.1) is 13.2 Å². The summed E-state index contributed by atoms with van der Waals surface area (Å²) in [5, 5.41) is 0. The van der Waals surface area contributed by atoms with Crippen LogP contribution in [0.15, 0.2) is 48.5 Å². The topological polar surface area (TPSA) is 15.7 Å². The van der Waals surface area contributed by atoms with Crippen LogP contribution in [-0.4, -0.2) is 34.8 Å². The van der Waals surface area contributed by atoms with Gasteiger partial charge in [0.2, 0.25) is 0 Å². The number of methoxy groups -OCH3 is 1. The molecule has 3 nitrogen and oxygen atoms in total. The molecule has 1 saturated heterocycles. The van der Waals surface area contributed by atoms with Crippen LogP contribution < -0.4 is 4.74 Å². The average Bonchev–Trinajstić information content (AvgIpc) is 2.64. The molecule has 1 fully saturated rings. The molecule has 1 unspecified atom stereocenters. The highest BCUT2D eigenvalue weighted by Gasteiger charge is 2.28. The van der Waals surface area contributed by atoms with Gasteiger partial charge in [-0.15, -0.1) is 0 Å². The summed E-state index contributed by atoms with van der Waals surface area (Å²) in [6.07, 6.45) is 1.09. The average molecular weight is 436 g/mol. The Hall–Kier alpha value is -1.11. The van der Waals surface area contributed by atoms with E-state index in [1.807, 2.05) is 12.1 Å². The van der Waals surface area contributed by atoms with Crippen molar-refractivity contribution in [3.05, 3.63) is 65.2 Å². The van der Waals surface area contributed by atoms with Crippen molar-refractivity contribution in [2.45, 2.75) is 25.9 Å². The Kier molecular flexibility index (Phi) is 6.14. The maximum Gasteiger partial charge on any atom is 0.118 e.